The van der Waals surface area contributed by atoms with Crippen LogP contribution < -0.4 is 27.2 Å². The van der Waals surface area contributed by atoms with Gasteiger partial charge in [-0.25, -0.2) is 0 Å². The zero-order valence-electron chi connectivity index (χ0n) is 14.6. The Labute approximate surface area is 176 Å². The number of nitrogens with one attached hydrogen (secondary N) is 2. The van der Waals surface area contributed by atoms with E-state index in [9.17, 15) is 4.79 Å². The molecule has 0 aliphatic carbocycles. The summed E-state index contributed by atoms with van der Waals surface area (Å²) in [5.74, 6) is 0.0591. The molecule has 2 aromatic carbocycles. The summed E-state index contributed by atoms with van der Waals surface area (Å²) in [4.78, 5) is 14.0. The largest absolute Gasteiger partial charge is 1.00 e. The summed E-state index contributed by atoms with van der Waals surface area (Å²) in [5, 5.41) is 3.79. The van der Waals surface area contributed by atoms with Crippen LogP contribution in [0.15, 0.2) is 57.4 Å². The first-order chi connectivity index (χ1) is 12.7. The van der Waals surface area contributed by atoms with Gasteiger partial charge in [0.05, 0.1) is 13.2 Å². The summed E-state index contributed by atoms with van der Waals surface area (Å²) in [6.45, 7) is 4.73. The van der Waals surface area contributed by atoms with E-state index in [4.69, 9.17) is 9.15 Å². The van der Waals surface area contributed by atoms with E-state index in [-0.39, 0.29) is 22.9 Å². The van der Waals surface area contributed by atoms with Crippen LogP contribution in [0.2, 0.25) is 0 Å². The molecule has 0 atom stereocenters. The number of anilines is 1. The van der Waals surface area contributed by atoms with Crippen molar-refractivity contribution in [3.05, 3.63) is 64.3 Å². The quantitative estimate of drug-likeness (QED) is 0.530. The second kappa shape index (κ2) is 9.01. The molecule has 142 valence electrons. The number of hydrogen-bond acceptors (Lipinski definition) is 3. The predicted octanol–water partition coefficient (Wildman–Crippen LogP) is -0.133. The van der Waals surface area contributed by atoms with E-state index in [1.165, 1.54) is 10.5 Å². The number of furan rings is 1. The van der Waals surface area contributed by atoms with Crippen LogP contribution in [0.4, 0.5) is 5.69 Å². The lowest BCUT2D eigenvalue weighted by Gasteiger charge is -2.23. The molecule has 1 saturated heterocycles. The van der Waals surface area contributed by atoms with Gasteiger partial charge in [-0.15, -0.1) is 0 Å². The molecular weight excluding hydrogens is 476 g/mol. The van der Waals surface area contributed by atoms with Gasteiger partial charge >= 0.3 is 0 Å². The maximum Gasteiger partial charge on any atom is 0.291 e. The van der Waals surface area contributed by atoms with Gasteiger partial charge in [-0.3, -0.25) is 4.79 Å². The minimum Gasteiger partial charge on any atom is -1.00 e. The van der Waals surface area contributed by atoms with E-state index in [0.29, 0.717) is 11.3 Å². The Morgan fingerprint density at radius 3 is 2.56 bits per heavy atom. The molecule has 0 spiro atoms. The van der Waals surface area contributed by atoms with Gasteiger partial charge in [0.1, 0.15) is 25.2 Å². The van der Waals surface area contributed by atoms with Crippen molar-refractivity contribution in [1.29, 1.82) is 0 Å². The molecule has 5 nitrogen and oxygen atoms in total. The molecule has 27 heavy (non-hydrogen) atoms. The van der Waals surface area contributed by atoms with Crippen molar-refractivity contribution >= 4 is 38.5 Å². The van der Waals surface area contributed by atoms with Gasteiger partial charge in [-0.2, -0.15) is 0 Å². The summed E-state index contributed by atoms with van der Waals surface area (Å²) in [5.41, 5.74) is 2.72. The number of rotatable bonds is 4. The van der Waals surface area contributed by atoms with Crippen molar-refractivity contribution in [2.24, 2.45) is 0 Å². The highest BCUT2D eigenvalue weighted by Crippen LogP contribution is 2.24. The maximum absolute atomic E-state index is 12.4. The molecule has 1 aliphatic heterocycles. The van der Waals surface area contributed by atoms with E-state index < -0.39 is 0 Å². The number of hydrogen-bond donors (Lipinski definition) is 2. The summed E-state index contributed by atoms with van der Waals surface area (Å²) < 4.78 is 12.0. The lowest BCUT2D eigenvalue weighted by atomic mass is 10.2. The monoisotopic (exact) mass is 494 g/mol. The third kappa shape index (κ3) is 4.99. The molecule has 0 saturated carbocycles. The highest BCUT2D eigenvalue weighted by atomic mass is 79.9. The van der Waals surface area contributed by atoms with Crippen molar-refractivity contribution < 1.29 is 35.8 Å². The Morgan fingerprint density at radius 2 is 1.81 bits per heavy atom. The molecule has 1 aliphatic rings. The number of carbonyl (C=O) groups excluding carboxylic acids is 1. The lowest BCUT2D eigenvalue weighted by Crippen LogP contribution is -3.12. The number of morpholine rings is 1. The molecule has 2 heterocycles. The lowest BCUT2D eigenvalue weighted by molar-refractivity contribution is -0.921. The molecule has 0 unspecified atom stereocenters. The van der Waals surface area contributed by atoms with Crippen molar-refractivity contribution in [3.8, 4) is 0 Å². The Morgan fingerprint density at radius 1 is 1.07 bits per heavy atom. The fourth-order valence-electron chi connectivity index (χ4n) is 3.15. The van der Waals surface area contributed by atoms with Crippen LogP contribution in [0.25, 0.3) is 11.0 Å². The van der Waals surface area contributed by atoms with Gasteiger partial charge in [0.2, 0.25) is 0 Å². The van der Waals surface area contributed by atoms with Crippen molar-refractivity contribution in [2.45, 2.75) is 6.54 Å². The highest BCUT2D eigenvalue weighted by Gasteiger charge is 2.15. The first-order valence-electron chi connectivity index (χ1n) is 8.68. The first-order valence-corrected chi connectivity index (χ1v) is 9.47. The topological polar surface area (TPSA) is 55.9 Å². The molecular formula is C20H20Br2N2O3. The number of amides is 1. The molecule has 3 aromatic rings. The Hall–Kier alpha value is -1.67. The summed E-state index contributed by atoms with van der Waals surface area (Å²) >= 11 is 3.42. The predicted molar refractivity (Wildman–Crippen MR) is 104 cm³/mol. The third-order valence-corrected chi connectivity index (χ3v) is 5.06. The molecule has 1 fully saturated rings. The van der Waals surface area contributed by atoms with E-state index in [1.807, 2.05) is 30.3 Å². The van der Waals surface area contributed by atoms with Crippen LogP contribution in [0, 0.1) is 0 Å². The number of fused-ring (bicyclic) bond motifs is 1. The minimum absolute atomic E-state index is 0. The van der Waals surface area contributed by atoms with Crippen molar-refractivity contribution in [1.82, 2.24) is 0 Å². The SMILES string of the molecule is O=C(Nc1ccc(C[NH+]2CCOCC2)cc1)c1cc2cc(Br)ccc2o1.[Br-]. The van der Waals surface area contributed by atoms with Crippen LogP contribution >= 0.6 is 15.9 Å². The van der Waals surface area contributed by atoms with Crippen molar-refractivity contribution in [3.63, 3.8) is 0 Å². The van der Waals surface area contributed by atoms with Crippen LogP contribution in [-0.4, -0.2) is 32.2 Å². The fourth-order valence-corrected chi connectivity index (χ4v) is 3.53. The van der Waals surface area contributed by atoms with Gasteiger partial charge in [-0.05, 0) is 36.4 Å². The Balaban J connectivity index is 0.00000210. The third-order valence-electron chi connectivity index (χ3n) is 4.57. The molecule has 4 rings (SSSR count). The van der Waals surface area contributed by atoms with E-state index in [0.717, 1.165) is 48.4 Å². The van der Waals surface area contributed by atoms with Crippen LogP contribution in [0.3, 0.4) is 0 Å². The minimum atomic E-state index is -0.246. The number of benzene rings is 2. The van der Waals surface area contributed by atoms with Gasteiger partial charge in [0.15, 0.2) is 5.76 Å². The van der Waals surface area contributed by atoms with E-state index in [2.05, 4.69) is 33.4 Å². The second-order valence-corrected chi connectivity index (χ2v) is 7.40. The number of halogens is 2. The molecule has 1 amide bonds. The highest BCUT2D eigenvalue weighted by molar-refractivity contribution is 9.10. The smallest absolute Gasteiger partial charge is 0.291 e. The summed E-state index contributed by atoms with van der Waals surface area (Å²) in [6.07, 6.45) is 0. The molecule has 2 N–H and O–H groups in total. The Kier molecular flexibility index (Phi) is 6.70. The van der Waals surface area contributed by atoms with Gasteiger partial charge in [0, 0.05) is 21.1 Å². The van der Waals surface area contributed by atoms with Crippen LogP contribution in [0.1, 0.15) is 16.1 Å². The zero-order valence-corrected chi connectivity index (χ0v) is 17.8. The summed E-state index contributed by atoms with van der Waals surface area (Å²) in [7, 11) is 0. The fraction of sp³-hybridized carbons (Fsp3) is 0.250. The zero-order chi connectivity index (χ0) is 17.9. The Bertz CT molecular complexity index is 919. The standard InChI is InChI=1S/C20H19BrN2O3.BrH/c21-16-3-6-18-15(11-16)12-19(26-18)20(24)22-17-4-1-14(2-5-17)13-23-7-9-25-10-8-23;/h1-6,11-12H,7-10,13H2,(H,22,24);1H. The normalized spacial score (nSPS) is 14.7. The van der Waals surface area contributed by atoms with Gasteiger partial charge in [-0.1, -0.05) is 28.1 Å². The first kappa shape index (κ1) is 20.1. The average Bonchev–Trinajstić information content (AvgIpc) is 3.07. The van der Waals surface area contributed by atoms with Gasteiger partial charge in [0.25, 0.3) is 5.91 Å². The molecule has 1 aromatic heterocycles. The molecule has 7 heteroatoms. The number of quaternary nitrogens is 1. The van der Waals surface area contributed by atoms with Crippen LogP contribution in [0.5, 0.6) is 0 Å². The molecule has 0 radical (unpaired) electrons. The number of ether oxygens (including phenoxy) is 1. The summed E-state index contributed by atoms with van der Waals surface area (Å²) in [6, 6.07) is 15.4. The number of carbonyl (C=O) groups is 1. The van der Waals surface area contributed by atoms with E-state index in [1.54, 1.807) is 6.07 Å². The maximum atomic E-state index is 12.4. The molecule has 0 bridgehead atoms. The van der Waals surface area contributed by atoms with E-state index >= 15 is 0 Å². The van der Waals surface area contributed by atoms with Crippen molar-refractivity contribution in [2.75, 3.05) is 31.6 Å². The van der Waals surface area contributed by atoms with Gasteiger partial charge < -0.3 is 36.4 Å². The van der Waals surface area contributed by atoms with Crippen LogP contribution in [-0.2, 0) is 11.3 Å². The second-order valence-electron chi connectivity index (χ2n) is 6.48. The average molecular weight is 496 g/mol.